The zero-order chi connectivity index (χ0) is 12.8. The van der Waals surface area contributed by atoms with Crippen molar-refractivity contribution < 1.29 is 0 Å². The van der Waals surface area contributed by atoms with Gasteiger partial charge in [0.1, 0.15) is 8.24 Å². The van der Waals surface area contributed by atoms with E-state index in [1.807, 2.05) is 0 Å². The second-order valence-electron chi connectivity index (χ2n) is 7.59. The predicted molar refractivity (Wildman–Crippen MR) is 80.1 cm³/mol. The molecule has 0 radical (unpaired) electrons. The highest BCUT2D eigenvalue weighted by molar-refractivity contribution is 6.75. The molecule has 104 valence electrons. The standard InChI is InChI=1S/C15H30N2Si/c1-18(2,16)15-11-14(17-9-5-6-10-17)12-7-3-4-8-13(12)15/h12-15H,3-11,16H2,1-2H3. The Hall–Kier alpha value is 0.137. The van der Waals surface area contributed by atoms with Crippen LogP contribution >= 0.6 is 0 Å². The number of likely N-dealkylation sites (tertiary alicyclic amines) is 1. The maximum Gasteiger partial charge on any atom is 0.120 e. The van der Waals surface area contributed by atoms with Gasteiger partial charge in [0.15, 0.2) is 0 Å². The first-order valence-corrected chi connectivity index (χ1v) is 11.3. The minimum Gasteiger partial charge on any atom is -0.351 e. The molecule has 18 heavy (non-hydrogen) atoms. The van der Waals surface area contributed by atoms with Gasteiger partial charge in [-0.05, 0) is 56.1 Å². The molecule has 4 atom stereocenters. The number of rotatable bonds is 2. The Bertz CT molecular complexity index is 293. The Morgan fingerprint density at radius 1 is 0.944 bits per heavy atom. The molecule has 0 amide bonds. The second-order valence-corrected chi connectivity index (χ2v) is 12.0. The first kappa shape index (κ1) is 13.1. The van der Waals surface area contributed by atoms with Crippen molar-refractivity contribution in [1.82, 2.24) is 4.90 Å². The van der Waals surface area contributed by atoms with Crippen LogP contribution < -0.4 is 5.40 Å². The van der Waals surface area contributed by atoms with Gasteiger partial charge in [0.05, 0.1) is 0 Å². The van der Waals surface area contributed by atoms with Crippen LogP contribution in [0.2, 0.25) is 18.6 Å². The molecule has 3 rings (SSSR count). The monoisotopic (exact) mass is 266 g/mol. The first-order valence-electron chi connectivity index (χ1n) is 8.10. The van der Waals surface area contributed by atoms with E-state index in [0.29, 0.717) is 0 Å². The van der Waals surface area contributed by atoms with Crippen molar-refractivity contribution in [2.24, 2.45) is 17.2 Å². The van der Waals surface area contributed by atoms with Crippen molar-refractivity contribution in [2.45, 2.75) is 69.6 Å². The Labute approximate surface area is 113 Å². The number of hydrogen-bond acceptors (Lipinski definition) is 2. The number of hydrogen-bond donors (Lipinski definition) is 1. The fraction of sp³-hybridized carbons (Fsp3) is 1.00. The van der Waals surface area contributed by atoms with Crippen LogP contribution in [0.4, 0.5) is 0 Å². The molecule has 2 saturated carbocycles. The summed E-state index contributed by atoms with van der Waals surface area (Å²) in [6, 6.07) is 0.901. The SMILES string of the molecule is C[Si](C)(N)C1CC(N2CCCC2)C2CCCCC21. The van der Waals surface area contributed by atoms with Gasteiger partial charge in [-0.15, -0.1) is 0 Å². The molecule has 2 nitrogen and oxygen atoms in total. The molecule has 0 aromatic heterocycles. The lowest BCUT2D eigenvalue weighted by Gasteiger charge is -2.36. The Morgan fingerprint density at radius 2 is 1.56 bits per heavy atom. The van der Waals surface area contributed by atoms with Gasteiger partial charge in [-0.3, -0.25) is 0 Å². The molecule has 1 heterocycles. The molecule has 3 fully saturated rings. The number of fused-ring (bicyclic) bond motifs is 1. The zero-order valence-corrected chi connectivity index (χ0v) is 13.2. The average molecular weight is 267 g/mol. The summed E-state index contributed by atoms with van der Waals surface area (Å²) in [5.74, 6) is 1.98. The van der Waals surface area contributed by atoms with Gasteiger partial charge in [-0.1, -0.05) is 32.4 Å². The summed E-state index contributed by atoms with van der Waals surface area (Å²) in [4.78, 5) is 2.82. The van der Waals surface area contributed by atoms with E-state index in [2.05, 4.69) is 18.0 Å². The van der Waals surface area contributed by atoms with Gasteiger partial charge < -0.3 is 10.3 Å². The van der Waals surface area contributed by atoms with E-state index in [-0.39, 0.29) is 0 Å². The van der Waals surface area contributed by atoms with Gasteiger partial charge in [0, 0.05) is 6.04 Å². The summed E-state index contributed by atoms with van der Waals surface area (Å²) in [5.41, 5.74) is 0.897. The normalized spacial score (nSPS) is 42.2. The fourth-order valence-electron chi connectivity index (χ4n) is 5.12. The third kappa shape index (κ3) is 2.30. The maximum absolute atomic E-state index is 6.63. The third-order valence-corrected chi connectivity index (χ3v) is 8.52. The molecule has 2 aliphatic carbocycles. The lowest BCUT2D eigenvalue weighted by Crippen LogP contribution is -2.45. The van der Waals surface area contributed by atoms with Gasteiger partial charge in [0.2, 0.25) is 0 Å². The van der Waals surface area contributed by atoms with E-state index in [1.165, 1.54) is 58.0 Å². The van der Waals surface area contributed by atoms with Crippen LogP contribution in [0.3, 0.4) is 0 Å². The van der Waals surface area contributed by atoms with Crippen LogP contribution in [0.5, 0.6) is 0 Å². The molecular weight excluding hydrogens is 236 g/mol. The lowest BCUT2D eigenvalue weighted by atomic mass is 9.80. The molecule has 0 aromatic carbocycles. The topological polar surface area (TPSA) is 29.3 Å². The van der Waals surface area contributed by atoms with E-state index in [4.69, 9.17) is 5.40 Å². The Kier molecular flexibility index (Phi) is 3.59. The van der Waals surface area contributed by atoms with Crippen molar-refractivity contribution in [2.75, 3.05) is 13.1 Å². The average Bonchev–Trinajstić information content (AvgIpc) is 2.94. The highest BCUT2D eigenvalue weighted by atomic mass is 28.3. The zero-order valence-electron chi connectivity index (χ0n) is 12.2. The molecule has 0 bridgehead atoms. The summed E-state index contributed by atoms with van der Waals surface area (Å²) in [7, 11) is -1.45. The van der Waals surface area contributed by atoms with Crippen LogP contribution in [0.15, 0.2) is 0 Å². The summed E-state index contributed by atoms with van der Waals surface area (Å²) < 4.78 is 0. The van der Waals surface area contributed by atoms with Gasteiger partial charge >= 0.3 is 0 Å². The van der Waals surface area contributed by atoms with E-state index >= 15 is 0 Å². The summed E-state index contributed by atoms with van der Waals surface area (Å²) in [6.07, 6.45) is 10.2. The molecule has 0 spiro atoms. The van der Waals surface area contributed by atoms with E-state index < -0.39 is 8.24 Å². The van der Waals surface area contributed by atoms with Gasteiger partial charge in [0.25, 0.3) is 0 Å². The summed E-state index contributed by atoms with van der Waals surface area (Å²) in [6.45, 7) is 7.53. The largest absolute Gasteiger partial charge is 0.351 e. The molecule has 1 saturated heterocycles. The molecule has 4 unspecified atom stereocenters. The van der Waals surface area contributed by atoms with Crippen LogP contribution in [0.1, 0.15) is 44.9 Å². The maximum atomic E-state index is 6.63. The van der Waals surface area contributed by atoms with E-state index in [9.17, 15) is 0 Å². The molecule has 1 aliphatic heterocycles. The fourth-order valence-corrected chi connectivity index (χ4v) is 7.49. The van der Waals surface area contributed by atoms with Crippen LogP contribution in [0.25, 0.3) is 0 Å². The smallest absolute Gasteiger partial charge is 0.120 e. The van der Waals surface area contributed by atoms with Crippen LogP contribution in [-0.2, 0) is 0 Å². The van der Waals surface area contributed by atoms with Crippen molar-refractivity contribution in [1.29, 1.82) is 0 Å². The van der Waals surface area contributed by atoms with E-state index in [1.54, 1.807) is 0 Å². The molecular formula is C15H30N2Si. The van der Waals surface area contributed by atoms with Crippen LogP contribution in [0, 0.1) is 11.8 Å². The quantitative estimate of drug-likeness (QED) is 0.778. The summed E-state index contributed by atoms with van der Waals surface area (Å²) in [5, 5.41) is 6.63. The minimum atomic E-state index is -1.45. The second kappa shape index (κ2) is 4.91. The summed E-state index contributed by atoms with van der Waals surface area (Å²) >= 11 is 0. The predicted octanol–water partition coefficient (Wildman–Crippen LogP) is 3.19. The van der Waals surface area contributed by atoms with Crippen molar-refractivity contribution in [3.05, 3.63) is 0 Å². The highest BCUT2D eigenvalue weighted by Gasteiger charge is 2.50. The van der Waals surface area contributed by atoms with Crippen molar-refractivity contribution >= 4 is 8.24 Å². The van der Waals surface area contributed by atoms with Gasteiger partial charge in [-0.2, -0.15) is 0 Å². The molecule has 3 aliphatic rings. The van der Waals surface area contributed by atoms with Gasteiger partial charge in [-0.25, -0.2) is 0 Å². The number of nitrogens with zero attached hydrogens (tertiary/aromatic N) is 1. The van der Waals surface area contributed by atoms with E-state index in [0.717, 1.165) is 23.4 Å². The molecule has 2 N–H and O–H groups in total. The third-order valence-electron chi connectivity index (χ3n) is 5.95. The van der Waals surface area contributed by atoms with Crippen molar-refractivity contribution in [3.8, 4) is 0 Å². The lowest BCUT2D eigenvalue weighted by molar-refractivity contribution is 0.148. The Balaban J connectivity index is 1.79. The van der Waals surface area contributed by atoms with Crippen LogP contribution in [-0.4, -0.2) is 32.3 Å². The Morgan fingerprint density at radius 3 is 2.17 bits per heavy atom. The first-order chi connectivity index (χ1) is 8.57. The van der Waals surface area contributed by atoms with Crippen molar-refractivity contribution in [3.63, 3.8) is 0 Å². The molecule has 3 heteroatoms. The molecule has 0 aromatic rings. The minimum absolute atomic E-state index is 0.897. The number of nitrogens with two attached hydrogens (primary N) is 1. The highest BCUT2D eigenvalue weighted by Crippen LogP contribution is 2.53.